The molecule has 1 aromatic heterocycles. The number of urea groups is 1. The van der Waals surface area contributed by atoms with Gasteiger partial charge < -0.3 is 10.6 Å². The smallest absolute Gasteiger partial charge is 0.322 e. The molecule has 6 nitrogen and oxygen atoms in total. The Labute approximate surface area is 118 Å². The number of rotatable bonds is 4. The van der Waals surface area contributed by atoms with Crippen molar-refractivity contribution < 1.29 is 14.4 Å². The normalized spacial score (nSPS) is 19.8. The Hall–Kier alpha value is -1.60. The van der Waals surface area contributed by atoms with Crippen LogP contribution in [0.2, 0.25) is 4.34 Å². The molecule has 8 heteroatoms. The molecule has 4 amide bonds. The maximum Gasteiger partial charge on any atom is 0.322 e. The average molecular weight is 302 g/mol. The number of carbonyl (C=O) groups excluding carboxylic acids is 3. The van der Waals surface area contributed by atoms with Gasteiger partial charge in [0.15, 0.2) is 0 Å². The number of thiophene rings is 1. The van der Waals surface area contributed by atoms with E-state index in [0.29, 0.717) is 4.34 Å². The van der Waals surface area contributed by atoms with Crippen molar-refractivity contribution in [2.45, 2.75) is 25.4 Å². The lowest BCUT2D eigenvalue weighted by Crippen LogP contribution is -2.36. The zero-order valence-corrected chi connectivity index (χ0v) is 11.6. The summed E-state index contributed by atoms with van der Waals surface area (Å²) >= 11 is 7.20. The van der Waals surface area contributed by atoms with E-state index in [0.717, 1.165) is 4.88 Å². The predicted octanol–water partition coefficient (Wildman–Crippen LogP) is 1.18. The molecule has 0 radical (unpaired) electrons. The molecule has 19 heavy (non-hydrogen) atoms. The van der Waals surface area contributed by atoms with Crippen molar-refractivity contribution in [2.75, 3.05) is 0 Å². The third-order valence-corrected chi connectivity index (χ3v) is 4.06. The molecule has 1 aliphatic heterocycles. The largest absolute Gasteiger partial charge is 0.349 e. The molecule has 1 aliphatic rings. The fraction of sp³-hybridized carbons (Fsp3) is 0.364. The fourth-order valence-corrected chi connectivity index (χ4v) is 2.78. The molecule has 1 aromatic rings. The highest BCUT2D eigenvalue weighted by molar-refractivity contribution is 7.16. The van der Waals surface area contributed by atoms with Crippen LogP contribution in [0.1, 0.15) is 24.3 Å². The first-order valence-corrected chi connectivity index (χ1v) is 6.81. The van der Waals surface area contributed by atoms with Gasteiger partial charge in [-0.25, -0.2) is 4.79 Å². The Bertz CT molecular complexity index is 531. The van der Waals surface area contributed by atoms with Gasteiger partial charge in [-0.05, 0) is 19.1 Å². The predicted molar refractivity (Wildman–Crippen MR) is 71.0 cm³/mol. The zero-order valence-electron chi connectivity index (χ0n) is 10.0. The minimum Gasteiger partial charge on any atom is -0.349 e. The monoisotopic (exact) mass is 301 g/mol. The van der Waals surface area contributed by atoms with Crippen LogP contribution in [0.5, 0.6) is 0 Å². The topological polar surface area (TPSA) is 87.3 Å². The summed E-state index contributed by atoms with van der Waals surface area (Å²) in [6.07, 6.45) is -0.0823. The van der Waals surface area contributed by atoms with Crippen molar-refractivity contribution in [3.8, 4) is 0 Å². The van der Waals surface area contributed by atoms with Crippen LogP contribution in [0.15, 0.2) is 12.1 Å². The van der Waals surface area contributed by atoms with Crippen LogP contribution in [0.3, 0.4) is 0 Å². The summed E-state index contributed by atoms with van der Waals surface area (Å²) in [5.74, 6) is -0.786. The molecule has 3 N–H and O–H groups in total. The Kier molecular flexibility index (Phi) is 4.06. The highest BCUT2D eigenvalue weighted by Gasteiger charge is 2.31. The van der Waals surface area contributed by atoms with Crippen LogP contribution in [0.4, 0.5) is 4.79 Å². The molecular formula is C11H12ClN3O3S. The van der Waals surface area contributed by atoms with E-state index >= 15 is 0 Å². The van der Waals surface area contributed by atoms with Crippen molar-refractivity contribution in [3.63, 3.8) is 0 Å². The van der Waals surface area contributed by atoms with Crippen molar-refractivity contribution in [1.29, 1.82) is 0 Å². The van der Waals surface area contributed by atoms with Gasteiger partial charge in [0, 0.05) is 4.88 Å². The summed E-state index contributed by atoms with van der Waals surface area (Å²) in [4.78, 5) is 34.9. The molecule has 2 heterocycles. The number of amides is 4. The Morgan fingerprint density at radius 3 is 2.79 bits per heavy atom. The molecule has 0 saturated carbocycles. The lowest BCUT2D eigenvalue weighted by molar-refractivity contribution is -0.126. The van der Waals surface area contributed by atoms with E-state index in [2.05, 4.69) is 16.0 Å². The second-order valence-electron chi connectivity index (χ2n) is 4.15. The van der Waals surface area contributed by atoms with Crippen LogP contribution >= 0.6 is 22.9 Å². The van der Waals surface area contributed by atoms with Crippen molar-refractivity contribution in [1.82, 2.24) is 16.0 Å². The maximum atomic E-state index is 11.8. The van der Waals surface area contributed by atoms with Gasteiger partial charge in [0.25, 0.3) is 5.91 Å². The summed E-state index contributed by atoms with van der Waals surface area (Å²) in [5.41, 5.74) is 0. The molecule has 1 fully saturated rings. The lowest BCUT2D eigenvalue weighted by atomic mass is 10.2. The molecule has 2 atom stereocenters. The summed E-state index contributed by atoms with van der Waals surface area (Å²) in [7, 11) is 0. The van der Waals surface area contributed by atoms with E-state index in [1.54, 1.807) is 6.07 Å². The van der Waals surface area contributed by atoms with Gasteiger partial charge in [0.05, 0.1) is 16.8 Å². The van der Waals surface area contributed by atoms with E-state index in [1.807, 2.05) is 13.0 Å². The molecule has 2 unspecified atom stereocenters. The number of hydrogen-bond acceptors (Lipinski definition) is 4. The van der Waals surface area contributed by atoms with Crippen molar-refractivity contribution in [3.05, 3.63) is 21.3 Å². The highest BCUT2D eigenvalue weighted by Crippen LogP contribution is 2.26. The number of halogens is 1. The number of carbonyl (C=O) groups is 3. The van der Waals surface area contributed by atoms with Crippen LogP contribution in [-0.4, -0.2) is 23.9 Å². The third-order valence-electron chi connectivity index (χ3n) is 2.65. The zero-order chi connectivity index (χ0) is 14.0. The summed E-state index contributed by atoms with van der Waals surface area (Å²) in [6.45, 7) is 1.83. The van der Waals surface area contributed by atoms with Crippen molar-refractivity contribution >= 4 is 40.8 Å². The summed E-state index contributed by atoms with van der Waals surface area (Å²) in [5, 5.41) is 7.20. The highest BCUT2D eigenvalue weighted by atomic mass is 35.5. The first kappa shape index (κ1) is 13.8. The van der Waals surface area contributed by atoms with Gasteiger partial charge in [-0.15, -0.1) is 11.3 Å². The summed E-state index contributed by atoms with van der Waals surface area (Å²) < 4.78 is 0.651. The van der Waals surface area contributed by atoms with Gasteiger partial charge in [0.2, 0.25) is 5.91 Å². The van der Waals surface area contributed by atoms with Gasteiger partial charge >= 0.3 is 6.03 Å². The van der Waals surface area contributed by atoms with E-state index in [-0.39, 0.29) is 18.4 Å². The summed E-state index contributed by atoms with van der Waals surface area (Å²) in [6, 6.07) is 2.04. The molecule has 0 aromatic carbocycles. The van der Waals surface area contributed by atoms with Gasteiger partial charge in [-0.1, -0.05) is 11.6 Å². The standard InChI is InChI=1S/C11H12ClN3O3S/c1-5(7-2-3-8(12)19-7)13-9(16)4-6-10(17)15-11(18)14-6/h2-3,5-6H,4H2,1H3,(H,13,16)(H2,14,15,17,18). The van der Waals surface area contributed by atoms with E-state index in [1.165, 1.54) is 11.3 Å². The molecule has 1 saturated heterocycles. The second-order valence-corrected chi connectivity index (χ2v) is 5.90. The minimum absolute atomic E-state index is 0.0823. The second kappa shape index (κ2) is 5.58. The first-order valence-electron chi connectivity index (χ1n) is 5.61. The van der Waals surface area contributed by atoms with Gasteiger partial charge in [0.1, 0.15) is 6.04 Å². The number of hydrogen-bond donors (Lipinski definition) is 3. The fourth-order valence-electron chi connectivity index (χ4n) is 1.72. The lowest BCUT2D eigenvalue weighted by Gasteiger charge is -2.13. The van der Waals surface area contributed by atoms with E-state index in [9.17, 15) is 14.4 Å². The Morgan fingerprint density at radius 2 is 2.26 bits per heavy atom. The number of nitrogens with one attached hydrogen (secondary N) is 3. The van der Waals surface area contributed by atoms with Crippen LogP contribution in [0, 0.1) is 0 Å². The SMILES string of the molecule is CC(NC(=O)CC1NC(=O)NC1=O)c1ccc(Cl)s1. The van der Waals surface area contributed by atoms with E-state index in [4.69, 9.17) is 11.6 Å². The van der Waals surface area contributed by atoms with Crippen LogP contribution < -0.4 is 16.0 Å². The Morgan fingerprint density at radius 1 is 1.53 bits per heavy atom. The van der Waals surface area contributed by atoms with Gasteiger partial charge in [-0.2, -0.15) is 0 Å². The van der Waals surface area contributed by atoms with E-state index < -0.39 is 18.0 Å². The molecule has 2 rings (SSSR count). The first-order chi connectivity index (χ1) is 8.95. The third kappa shape index (κ3) is 3.45. The number of imide groups is 1. The maximum absolute atomic E-state index is 11.8. The average Bonchev–Trinajstić information content (AvgIpc) is 2.86. The molecular weight excluding hydrogens is 290 g/mol. The molecule has 0 aliphatic carbocycles. The van der Waals surface area contributed by atoms with Gasteiger partial charge in [-0.3, -0.25) is 14.9 Å². The van der Waals surface area contributed by atoms with Crippen molar-refractivity contribution in [2.24, 2.45) is 0 Å². The molecule has 0 spiro atoms. The quantitative estimate of drug-likeness (QED) is 0.730. The minimum atomic E-state index is -0.799. The van der Waals surface area contributed by atoms with Crippen LogP contribution in [0.25, 0.3) is 0 Å². The Balaban J connectivity index is 1.87. The molecule has 102 valence electrons. The van der Waals surface area contributed by atoms with Crippen LogP contribution in [-0.2, 0) is 9.59 Å². The molecule has 0 bridgehead atoms.